The first-order valence-electron chi connectivity index (χ1n) is 10.0. The van der Waals surface area contributed by atoms with Crippen LogP contribution in [0.2, 0.25) is 5.02 Å². The van der Waals surface area contributed by atoms with E-state index in [4.69, 9.17) is 23.2 Å². The van der Waals surface area contributed by atoms with Crippen LogP contribution in [0.4, 0.5) is 30.2 Å². The molecule has 0 unspecified atom stereocenters. The van der Waals surface area contributed by atoms with E-state index < -0.39 is 34.5 Å². The summed E-state index contributed by atoms with van der Waals surface area (Å²) in [4.78, 5) is 39.1. The number of nitrogens with zero attached hydrogens (tertiary/aromatic N) is 1. The highest BCUT2D eigenvalue weighted by Crippen LogP contribution is 2.36. The van der Waals surface area contributed by atoms with E-state index in [1.165, 1.54) is 30.3 Å². The topological polar surface area (TPSA) is 78.5 Å². The van der Waals surface area contributed by atoms with Crippen molar-refractivity contribution in [2.45, 2.75) is 6.18 Å². The van der Waals surface area contributed by atoms with Crippen LogP contribution < -0.4 is 15.5 Å². The SMILES string of the molecule is O=C(Nc1ccc(Cl)c(C(F)(F)F)c1)c1cccc(NC2=C(Cl)C(=O)N(c3ccc(Br)cc3)C2=O)c1. The highest BCUT2D eigenvalue weighted by Gasteiger charge is 2.39. The Morgan fingerprint density at radius 1 is 0.889 bits per heavy atom. The van der Waals surface area contributed by atoms with Crippen molar-refractivity contribution in [2.75, 3.05) is 15.5 Å². The van der Waals surface area contributed by atoms with Crippen molar-refractivity contribution in [2.24, 2.45) is 0 Å². The summed E-state index contributed by atoms with van der Waals surface area (Å²) in [6.45, 7) is 0. The molecule has 0 saturated carbocycles. The number of carbonyl (C=O) groups excluding carboxylic acids is 3. The van der Waals surface area contributed by atoms with Gasteiger partial charge in [-0.2, -0.15) is 13.2 Å². The smallest absolute Gasteiger partial charge is 0.350 e. The molecule has 3 amide bonds. The van der Waals surface area contributed by atoms with Crippen LogP contribution in [-0.2, 0) is 15.8 Å². The Hall–Kier alpha value is -3.34. The number of halogens is 6. The molecule has 3 aromatic carbocycles. The third-order valence-corrected chi connectivity index (χ3v) is 6.24. The van der Waals surface area contributed by atoms with Crippen LogP contribution in [0.25, 0.3) is 0 Å². The molecule has 0 saturated heterocycles. The number of amides is 3. The van der Waals surface area contributed by atoms with Gasteiger partial charge in [-0.1, -0.05) is 45.2 Å². The van der Waals surface area contributed by atoms with Gasteiger partial charge in [0, 0.05) is 21.4 Å². The van der Waals surface area contributed by atoms with Gasteiger partial charge < -0.3 is 10.6 Å². The number of nitrogens with one attached hydrogen (secondary N) is 2. The molecule has 2 N–H and O–H groups in total. The number of alkyl halides is 3. The van der Waals surface area contributed by atoms with Crippen molar-refractivity contribution in [1.29, 1.82) is 0 Å². The van der Waals surface area contributed by atoms with Gasteiger partial charge >= 0.3 is 6.18 Å². The van der Waals surface area contributed by atoms with Crippen molar-refractivity contribution in [1.82, 2.24) is 0 Å². The minimum absolute atomic E-state index is 0.0711. The fourth-order valence-corrected chi connectivity index (χ4v) is 4.04. The van der Waals surface area contributed by atoms with Gasteiger partial charge in [-0.25, -0.2) is 4.90 Å². The lowest BCUT2D eigenvalue weighted by molar-refractivity contribution is -0.137. The zero-order valence-electron chi connectivity index (χ0n) is 17.8. The van der Waals surface area contributed by atoms with Crippen LogP contribution in [0, 0.1) is 0 Å². The van der Waals surface area contributed by atoms with Crippen molar-refractivity contribution < 1.29 is 27.6 Å². The summed E-state index contributed by atoms with van der Waals surface area (Å²) in [6.07, 6.45) is -4.69. The Morgan fingerprint density at radius 2 is 1.58 bits per heavy atom. The summed E-state index contributed by atoms with van der Waals surface area (Å²) in [5.74, 6) is -2.12. The maximum Gasteiger partial charge on any atom is 0.417 e. The van der Waals surface area contributed by atoms with Crippen LogP contribution in [0.15, 0.2) is 81.9 Å². The van der Waals surface area contributed by atoms with Crippen LogP contribution in [-0.4, -0.2) is 17.7 Å². The number of anilines is 3. The van der Waals surface area contributed by atoms with E-state index in [2.05, 4.69) is 26.6 Å². The second kappa shape index (κ2) is 9.96. The van der Waals surface area contributed by atoms with Gasteiger partial charge in [-0.05, 0) is 60.7 Å². The fraction of sp³-hybridized carbons (Fsp3) is 0.0417. The van der Waals surface area contributed by atoms with Gasteiger partial charge in [0.15, 0.2) is 0 Å². The van der Waals surface area contributed by atoms with E-state index in [-0.39, 0.29) is 27.7 Å². The average molecular weight is 599 g/mol. The van der Waals surface area contributed by atoms with Gasteiger partial charge in [-0.3, -0.25) is 14.4 Å². The number of rotatable bonds is 5. The second-order valence-corrected chi connectivity index (χ2v) is 9.16. The van der Waals surface area contributed by atoms with Crippen molar-refractivity contribution in [3.05, 3.63) is 98.1 Å². The molecule has 0 spiro atoms. The predicted octanol–water partition coefficient (Wildman–Crippen LogP) is 6.81. The molecule has 4 rings (SSSR count). The minimum Gasteiger partial charge on any atom is -0.350 e. The molecule has 1 aliphatic rings. The molecule has 0 bridgehead atoms. The zero-order chi connectivity index (χ0) is 26.2. The maximum atomic E-state index is 13.1. The molecule has 1 aliphatic heterocycles. The summed E-state index contributed by atoms with van der Waals surface area (Å²) in [6, 6.07) is 15.3. The van der Waals surface area contributed by atoms with E-state index in [0.29, 0.717) is 5.69 Å². The predicted molar refractivity (Wildman–Crippen MR) is 134 cm³/mol. The van der Waals surface area contributed by atoms with E-state index in [1.807, 2.05) is 0 Å². The van der Waals surface area contributed by atoms with Gasteiger partial charge in [0.05, 0.1) is 16.3 Å². The Labute approximate surface area is 220 Å². The Bertz CT molecular complexity index is 1430. The standard InChI is InChI=1S/C24H13BrCl2F3N3O3/c25-13-4-7-16(8-5-13)33-22(35)19(27)20(23(33)36)31-14-3-1-2-12(10-14)21(34)32-15-6-9-18(26)17(11-15)24(28,29)30/h1-11,31H,(H,32,34). The molecule has 1 heterocycles. The zero-order valence-corrected chi connectivity index (χ0v) is 20.9. The number of carbonyl (C=O) groups is 3. The summed E-state index contributed by atoms with van der Waals surface area (Å²) < 4.78 is 40.1. The largest absolute Gasteiger partial charge is 0.417 e. The summed E-state index contributed by atoms with van der Waals surface area (Å²) in [7, 11) is 0. The van der Waals surface area contributed by atoms with Gasteiger partial charge in [-0.15, -0.1) is 0 Å². The van der Waals surface area contributed by atoms with Crippen LogP contribution >= 0.6 is 39.1 Å². The monoisotopic (exact) mass is 597 g/mol. The Morgan fingerprint density at radius 3 is 2.25 bits per heavy atom. The molecular weight excluding hydrogens is 586 g/mol. The normalized spacial score (nSPS) is 13.9. The third-order valence-electron chi connectivity index (χ3n) is 5.04. The highest BCUT2D eigenvalue weighted by atomic mass is 79.9. The molecule has 0 atom stereocenters. The molecule has 184 valence electrons. The van der Waals surface area contributed by atoms with Gasteiger partial charge in [0.2, 0.25) is 0 Å². The molecule has 12 heteroatoms. The quantitative estimate of drug-likeness (QED) is 0.316. The van der Waals surface area contributed by atoms with Crippen molar-refractivity contribution >= 4 is 73.9 Å². The summed E-state index contributed by atoms with van der Waals surface area (Å²) >= 11 is 15.0. The second-order valence-electron chi connectivity index (χ2n) is 7.46. The lowest BCUT2D eigenvalue weighted by Crippen LogP contribution is -2.32. The van der Waals surface area contributed by atoms with E-state index in [9.17, 15) is 27.6 Å². The summed E-state index contributed by atoms with van der Waals surface area (Å²) in [5.41, 5.74) is -0.739. The lowest BCUT2D eigenvalue weighted by Gasteiger charge is -2.15. The number of hydrogen-bond acceptors (Lipinski definition) is 4. The molecular formula is C24H13BrCl2F3N3O3. The molecule has 0 fully saturated rings. The average Bonchev–Trinajstić information content (AvgIpc) is 3.03. The first-order valence-corrected chi connectivity index (χ1v) is 11.6. The maximum absolute atomic E-state index is 13.1. The fourth-order valence-electron chi connectivity index (χ4n) is 3.34. The molecule has 0 aromatic heterocycles. The first-order chi connectivity index (χ1) is 17.0. The number of benzene rings is 3. The number of imide groups is 1. The van der Waals surface area contributed by atoms with E-state index in [1.54, 1.807) is 24.3 Å². The van der Waals surface area contributed by atoms with E-state index >= 15 is 0 Å². The lowest BCUT2D eigenvalue weighted by atomic mass is 10.1. The third kappa shape index (κ3) is 5.25. The van der Waals surface area contributed by atoms with Gasteiger partial charge in [0.25, 0.3) is 17.7 Å². The number of hydrogen-bond donors (Lipinski definition) is 2. The van der Waals surface area contributed by atoms with Crippen molar-refractivity contribution in [3.63, 3.8) is 0 Å². The molecule has 3 aromatic rings. The molecule has 6 nitrogen and oxygen atoms in total. The van der Waals surface area contributed by atoms with Gasteiger partial charge in [0.1, 0.15) is 10.7 Å². The summed E-state index contributed by atoms with van der Waals surface area (Å²) in [5, 5.41) is 4.31. The van der Waals surface area contributed by atoms with Crippen LogP contribution in [0.5, 0.6) is 0 Å². The minimum atomic E-state index is -4.69. The van der Waals surface area contributed by atoms with Crippen LogP contribution in [0.1, 0.15) is 15.9 Å². The first kappa shape index (κ1) is 25.7. The van der Waals surface area contributed by atoms with E-state index in [0.717, 1.165) is 21.5 Å². The molecule has 0 aliphatic carbocycles. The Balaban J connectivity index is 1.53. The Kier molecular flexibility index (Phi) is 7.12. The van der Waals surface area contributed by atoms with Crippen LogP contribution in [0.3, 0.4) is 0 Å². The molecule has 0 radical (unpaired) electrons. The molecule has 36 heavy (non-hydrogen) atoms. The highest BCUT2D eigenvalue weighted by molar-refractivity contribution is 9.10. The van der Waals surface area contributed by atoms with Crippen molar-refractivity contribution in [3.8, 4) is 0 Å².